The molecule has 0 saturated carbocycles. The minimum absolute atomic E-state index is 0.0454. The maximum absolute atomic E-state index is 12.8. The molecule has 0 saturated heterocycles. The van der Waals surface area contributed by atoms with E-state index in [0.717, 1.165) is 6.07 Å². The lowest BCUT2D eigenvalue weighted by Crippen LogP contribution is -2.14. The van der Waals surface area contributed by atoms with Crippen LogP contribution >= 0.6 is 0 Å². The second-order valence-corrected chi connectivity index (χ2v) is 3.44. The molecule has 0 aromatic heterocycles. The fourth-order valence-electron chi connectivity index (χ4n) is 1.38. The van der Waals surface area contributed by atoms with Gasteiger partial charge in [-0.05, 0) is 18.2 Å². The van der Waals surface area contributed by atoms with Crippen LogP contribution in [0.4, 0.5) is 24.5 Å². The van der Waals surface area contributed by atoms with Gasteiger partial charge in [0.25, 0.3) is 0 Å². The summed E-state index contributed by atoms with van der Waals surface area (Å²) < 4.78 is 43.1. The number of ether oxygens (including phenoxy) is 1. The van der Waals surface area contributed by atoms with E-state index in [1.165, 1.54) is 19.2 Å². The van der Waals surface area contributed by atoms with Gasteiger partial charge in [0.2, 0.25) is 6.41 Å². The first-order valence-corrected chi connectivity index (χ1v) is 5.13. The lowest BCUT2D eigenvalue weighted by Gasteiger charge is -2.15. The third-order valence-electron chi connectivity index (χ3n) is 2.17. The predicted molar refractivity (Wildman–Crippen MR) is 61.5 cm³/mol. The summed E-state index contributed by atoms with van der Waals surface area (Å²) in [5.41, 5.74) is -0.781. The van der Waals surface area contributed by atoms with Crippen LogP contribution < -0.4 is 10.6 Å². The number of anilines is 2. The van der Waals surface area contributed by atoms with Gasteiger partial charge in [-0.3, -0.25) is 4.79 Å². The van der Waals surface area contributed by atoms with Crippen molar-refractivity contribution in [2.75, 3.05) is 30.9 Å². The summed E-state index contributed by atoms with van der Waals surface area (Å²) in [6.07, 6.45) is -4.16. The highest BCUT2D eigenvalue weighted by atomic mass is 19.4. The topological polar surface area (TPSA) is 50.4 Å². The van der Waals surface area contributed by atoms with Crippen LogP contribution in [0.15, 0.2) is 18.2 Å². The number of rotatable bonds is 6. The quantitative estimate of drug-likeness (QED) is 0.611. The van der Waals surface area contributed by atoms with E-state index in [0.29, 0.717) is 13.0 Å². The molecule has 7 heteroatoms. The lowest BCUT2D eigenvalue weighted by atomic mass is 10.1. The maximum Gasteiger partial charge on any atom is 0.418 e. The number of benzene rings is 1. The molecule has 18 heavy (non-hydrogen) atoms. The van der Waals surface area contributed by atoms with Gasteiger partial charge in [0.15, 0.2) is 0 Å². The maximum atomic E-state index is 12.8. The number of carbonyl (C=O) groups is 1. The number of methoxy groups -OCH3 is 1. The Morgan fingerprint density at radius 2 is 2.11 bits per heavy atom. The molecule has 0 aliphatic rings. The Hall–Kier alpha value is -1.76. The average Bonchev–Trinajstić information content (AvgIpc) is 2.30. The van der Waals surface area contributed by atoms with Crippen molar-refractivity contribution in [1.82, 2.24) is 0 Å². The first-order valence-electron chi connectivity index (χ1n) is 5.13. The van der Waals surface area contributed by atoms with Crippen LogP contribution in [0.1, 0.15) is 5.56 Å². The number of nitrogens with one attached hydrogen (secondary N) is 2. The van der Waals surface area contributed by atoms with Crippen LogP contribution in [-0.4, -0.2) is 26.7 Å². The van der Waals surface area contributed by atoms with Crippen molar-refractivity contribution in [2.45, 2.75) is 6.18 Å². The van der Waals surface area contributed by atoms with Crippen molar-refractivity contribution < 1.29 is 22.7 Å². The van der Waals surface area contributed by atoms with Crippen LogP contribution in [0.3, 0.4) is 0 Å². The molecule has 4 nitrogen and oxygen atoms in total. The number of carbonyl (C=O) groups excluding carboxylic acids is 1. The van der Waals surface area contributed by atoms with E-state index in [1.807, 2.05) is 0 Å². The second kappa shape index (κ2) is 6.25. The Morgan fingerprint density at radius 3 is 2.67 bits per heavy atom. The van der Waals surface area contributed by atoms with Gasteiger partial charge in [0, 0.05) is 25.0 Å². The van der Waals surface area contributed by atoms with Gasteiger partial charge in [-0.2, -0.15) is 13.2 Å². The highest BCUT2D eigenvalue weighted by molar-refractivity contribution is 5.73. The van der Waals surface area contributed by atoms with Crippen LogP contribution in [0.5, 0.6) is 0 Å². The third kappa shape index (κ3) is 3.92. The van der Waals surface area contributed by atoms with Crippen molar-refractivity contribution in [3.05, 3.63) is 23.8 Å². The van der Waals surface area contributed by atoms with E-state index < -0.39 is 11.7 Å². The summed E-state index contributed by atoms with van der Waals surface area (Å²) in [4.78, 5) is 10.2. The van der Waals surface area contributed by atoms with E-state index in [4.69, 9.17) is 4.74 Å². The number of amides is 1. The molecule has 0 bridgehead atoms. The first-order chi connectivity index (χ1) is 8.49. The summed E-state index contributed by atoms with van der Waals surface area (Å²) in [5, 5.41) is 4.81. The Bertz CT molecular complexity index is 408. The minimum atomic E-state index is -4.49. The number of halogens is 3. The highest BCUT2D eigenvalue weighted by Gasteiger charge is 2.33. The molecule has 1 aromatic rings. The SMILES string of the molecule is COCCNc1ccc(NC=O)cc1C(F)(F)F. The van der Waals surface area contributed by atoms with E-state index >= 15 is 0 Å². The van der Waals surface area contributed by atoms with Gasteiger partial charge in [-0.25, -0.2) is 0 Å². The number of hydrogen-bond acceptors (Lipinski definition) is 3. The zero-order chi connectivity index (χ0) is 13.6. The van der Waals surface area contributed by atoms with E-state index in [2.05, 4.69) is 10.6 Å². The van der Waals surface area contributed by atoms with Gasteiger partial charge < -0.3 is 15.4 Å². The summed E-state index contributed by atoms with van der Waals surface area (Å²) in [7, 11) is 1.46. The Morgan fingerprint density at radius 1 is 1.39 bits per heavy atom. The normalized spacial score (nSPS) is 11.1. The van der Waals surface area contributed by atoms with Crippen molar-refractivity contribution in [1.29, 1.82) is 0 Å². The van der Waals surface area contributed by atoms with Crippen molar-refractivity contribution in [3.8, 4) is 0 Å². The molecular formula is C11H13F3N2O2. The Balaban J connectivity index is 2.97. The van der Waals surface area contributed by atoms with Crippen LogP contribution in [0.2, 0.25) is 0 Å². The minimum Gasteiger partial charge on any atom is -0.383 e. The second-order valence-electron chi connectivity index (χ2n) is 3.44. The van der Waals surface area contributed by atoms with Gasteiger partial charge in [0.05, 0.1) is 12.2 Å². The largest absolute Gasteiger partial charge is 0.418 e. The number of hydrogen-bond donors (Lipinski definition) is 2. The summed E-state index contributed by atoms with van der Waals surface area (Å²) >= 11 is 0. The fraction of sp³-hybridized carbons (Fsp3) is 0.364. The highest BCUT2D eigenvalue weighted by Crippen LogP contribution is 2.36. The van der Waals surface area contributed by atoms with Crippen molar-refractivity contribution >= 4 is 17.8 Å². The van der Waals surface area contributed by atoms with Gasteiger partial charge >= 0.3 is 6.18 Å². The summed E-state index contributed by atoms with van der Waals surface area (Å²) in [6, 6.07) is 3.53. The predicted octanol–water partition coefficient (Wildman–Crippen LogP) is 2.33. The zero-order valence-electron chi connectivity index (χ0n) is 9.67. The molecule has 0 aliphatic carbocycles. The zero-order valence-corrected chi connectivity index (χ0v) is 9.67. The molecule has 0 aliphatic heterocycles. The molecule has 1 aromatic carbocycles. The molecule has 0 fully saturated rings. The molecular weight excluding hydrogens is 249 g/mol. The molecule has 0 unspecified atom stereocenters. The first kappa shape index (κ1) is 14.3. The van der Waals surface area contributed by atoms with E-state index in [-0.39, 0.29) is 17.9 Å². The molecule has 1 rings (SSSR count). The molecule has 100 valence electrons. The lowest BCUT2D eigenvalue weighted by molar-refractivity contribution is -0.137. The number of alkyl halides is 3. The van der Waals surface area contributed by atoms with Crippen molar-refractivity contribution in [3.63, 3.8) is 0 Å². The average molecular weight is 262 g/mol. The van der Waals surface area contributed by atoms with Gasteiger partial charge in [-0.15, -0.1) is 0 Å². The third-order valence-corrected chi connectivity index (χ3v) is 2.17. The Kier molecular flexibility index (Phi) is 4.96. The molecule has 0 radical (unpaired) electrons. The monoisotopic (exact) mass is 262 g/mol. The molecule has 0 heterocycles. The van der Waals surface area contributed by atoms with Crippen molar-refractivity contribution in [2.24, 2.45) is 0 Å². The molecule has 2 N–H and O–H groups in total. The van der Waals surface area contributed by atoms with Crippen LogP contribution in [0, 0.1) is 0 Å². The standard InChI is InChI=1S/C11H13F3N2O2/c1-18-5-4-15-10-3-2-8(16-7-17)6-9(10)11(12,13)14/h2-3,6-7,15H,4-5H2,1H3,(H,16,17). The summed E-state index contributed by atoms with van der Waals surface area (Å²) in [5.74, 6) is 0. The molecule has 0 spiro atoms. The van der Waals surface area contributed by atoms with Crippen LogP contribution in [0.25, 0.3) is 0 Å². The smallest absolute Gasteiger partial charge is 0.383 e. The molecule has 0 atom stereocenters. The van der Waals surface area contributed by atoms with Gasteiger partial charge in [-0.1, -0.05) is 0 Å². The fourth-order valence-corrected chi connectivity index (χ4v) is 1.38. The molecule has 1 amide bonds. The van der Waals surface area contributed by atoms with E-state index in [1.54, 1.807) is 0 Å². The van der Waals surface area contributed by atoms with Crippen LogP contribution in [-0.2, 0) is 15.7 Å². The Labute approximate surface area is 102 Å². The summed E-state index contributed by atoms with van der Waals surface area (Å²) in [6.45, 7) is 0.561. The van der Waals surface area contributed by atoms with E-state index in [9.17, 15) is 18.0 Å². The van der Waals surface area contributed by atoms with Gasteiger partial charge in [0.1, 0.15) is 0 Å².